The fourth-order valence-electron chi connectivity index (χ4n) is 0.848. The summed E-state index contributed by atoms with van der Waals surface area (Å²) in [5, 5.41) is 7.76. The fourth-order valence-corrected chi connectivity index (χ4v) is 2.58. The van der Waals surface area contributed by atoms with Gasteiger partial charge in [0.2, 0.25) is 0 Å². The summed E-state index contributed by atoms with van der Waals surface area (Å²) in [6.07, 6.45) is -0.268. The number of rotatable bonds is 8. The van der Waals surface area contributed by atoms with Gasteiger partial charge in [0.1, 0.15) is 0 Å². The van der Waals surface area contributed by atoms with E-state index in [1.807, 2.05) is 0 Å². The van der Waals surface area contributed by atoms with Gasteiger partial charge in [0.15, 0.2) is 0 Å². The van der Waals surface area contributed by atoms with Gasteiger partial charge in [-0.15, -0.1) is 0 Å². The smallest absolute Gasteiger partial charge is 0.266 e. The minimum atomic E-state index is -4.36. The Labute approximate surface area is 96.8 Å². The molecule has 0 spiro atoms. The Morgan fingerprint density at radius 2 is 2.00 bits per heavy atom. The molecule has 3 unspecified atom stereocenters. The van der Waals surface area contributed by atoms with Gasteiger partial charge in [0.25, 0.3) is 10.1 Å². The first-order valence-corrected chi connectivity index (χ1v) is 7.30. The third-order valence-corrected chi connectivity index (χ3v) is 3.64. The van der Waals surface area contributed by atoms with E-state index in [-0.39, 0.29) is 13.2 Å². The van der Waals surface area contributed by atoms with Gasteiger partial charge in [-0.25, -0.2) is 0 Å². The zero-order chi connectivity index (χ0) is 12.8. The lowest BCUT2D eigenvalue weighted by Gasteiger charge is -2.19. The van der Waals surface area contributed by atoms with E-state index < -0.39 is 38.3 Å². The van der Waals surface area contributed by atoms with Crippen molar-refractivity contribution >= 4 is 21.2 Å². The molecule has 98 valence electrons. The molecule has 0 aliphatic heterocycles. The van der Waals surface area contributed by atoms with Gasteiger partial charge in [0.05, 0.1) is 30.3 Å². The molecule has 7 nitrogen and oxygen atoms in total. The first kappa shape index (κ1) is 15.9. The van der Waals surface area contributed by atoms with E-state index in [1.54, 1.807) is 6.92 Å². The lowest BCUT2D eigenvalue weighted by Crippen LogP contribution is -2.31. The molecule has 0 aromatic carbocycles. The molecular weight excluding hydrogens is 260 g/mol. The molecule has 9 heteroatoms. The van der Waals surface area contributed by atoms with Crippen molar-refractivity contribution in [3.8, 4) is 0 Å². The summed E-state index contributed by atoms with van der Waals surface area (Å²) in [5.74, 6) is -0.911. The van der Waals surface area contributed by atoms with Gasteiger partial charge in [-0.3, -0.25) is 8.76 Å². The molecule has 2 N–H and O–H groups in total. The predicted molar refractivity (Wildman–Crippen MR) is 56.2 cm³/mol. The molecular formula is C7H15O7S2-. The standard InChI is InChI=1S/C7H16O7S2/c1-2-6(8)3-14-4-7(15(9)10)5-16(11,12)13/h6-8H,2-5H2,1H3,(H,9,10)(H,11,12,13)/p-1. The monoisotopic (exact) mass is 275 g/mol. The first-order valence-electron chi connectivity index (χ1n) is 4.55. The van der Waals surface area contributed by atoms with Crippen LogP contribution in [0, 0.1) is 0 Å². The Hall–Kier alpha value is -0.0600. The Balaban J connectivity index is 4.11. The van der Waals surface area contributed by atoms with Crippen molar-refractivity contribution in [1.82, 2.24) is 0 Å². The van der Waals surface area contributed by atoms with Crippen LogP contribution >= 0.6 is 0 Å². The molecule has 0 saturated heterocycles. The molecule has 0 amide bonds. The van der Waals surface area contributed by atoms with Crippen LogP contribution in [0.2, 0.25) is 0 Å². The van der Waals surface area contributed by atoms with Crippen LogP contribution in [0.5, 0.6) is 0 Å². The molecule has 0 saturated carbocycles. The van der Waals surface area contributed by atoms with E-state index in [9.17, 15) is 17.2 Å². The van der Waals surface area contributed by atoms with E-state index >= 15 is 0 Å². The normalized spacial score (nSPS) is 18.0. The first-order chi connectivity index (χ1) is 7.26. The predicted octanol–water partition coefficient (Wildman–Crippen LogP) is -1.09. The van der Waals surface area contributed by atoms with Gasteiger partial charge in [-0.1, -0.05) is 6.92 Å². The summed E-state index contributed by atoms with van der Waals surface area (Å²) in [6, 6.07) is 0. The third-order valence-electron chi connectivity index (χ3n) is 1.75. The molecule has 16 heavy (non-hydrogen) atoms. The van der Waals surface area contributed by atoms with Crippen molar-refractivity contribution in [3.63, 3.8) is 0 Å². The molecule has 0 bridgehead atoms. The summed E-state index contributed by atoms with van der Waals surface area (Å²) in [6.45, 7) is 1.26. The van der Waals surface area contributed by atoms with Gasteiger partial charge >= 0.3 is 0 Å². The molecule has 0 radical (unpaired) electrons. The lowest BCUT2D eigenvalue weighted by molar-refractivity contribution is 0.0361. The van der Waals surface area contributed by atoms with Gasteiger partial charge in [-0.05, 0) is 17.5 Å². The van der Waals surface area contributed by atoms with E-state index in [4.69, 9.17) is 14.4 Å². The fraction of sp³-hybridized carbons (Fsp3) is 1.00. The number of hydrogen-bond donors (Lipinski definition) is 2. The van der Waals surface area contributed by atoms with Crippen molar-refractivity contribution in [2.24, 2.45) is 0 Å². The Morgan fingerprint density at radius 3 is 2.38 bits per heavy atom. The van der Waals surface area contributed by atoms with Crippen molar-refractivity contribution in [1.29, 1.82) is 0 Å². The topological polar surface area (TPSA) is 124 Å². The molecule has 0 aromatic heterocycles. The SMILES string of the molecule is CCC(O)COCC(CS(=O)(=O)O)S(=O)[O-]. The maximum atomic E-state index is 10.6. The Morgan fingerprint density at radius 1 is 1.44 bits per heavy atom. The summed E-state index contributed by atoms with van der Waals surface area (Å²) < 4.78 is 55.5. The second-order valence-corrected chi connectivity index (χ2v) is 5.92. The summed E-state index contributed by atoms with van der Waals surface area (Å²) >= 11 is -2.66. The second-order valence-electron chi connectivity index (χ2n) is 3.23. The van der Waals surface area contributed by atoms with Crippen LogP contribution in [-0.2, 0) is 25.9 Å². The molecule has 0 rings (SSSR count). The van der Waals surface area contributed by atoms with Crippen LogP contribution in [0.1, 0.15) is 13.3 Å². The highest BCUT2D eigenvalue weighted by Gasteiger charge is 2.18. The largest absolute Gasteiger partial charge is 0.772 e. The van der Waals surface area contributed by atoms with Gasteiger partial charge < -0.3 is 14.4 Å². The van der Waals surface area contributed by atoms with Crippen molar-refractivity contribution in [2.75, 3.05) is 19.0 Å². The van der Waals surface area contributed by atoms with E-state index in [0.29, 0.717) is 6.42 Å². The van der Waals surface area contributed by atoms with Crippen LogP contribution in [0.15, 0.2) is 0 Å². The highest BCUT2D eigenvalue weighted by molar-refractivity contribution is 7.87. The molecule has 0 fully saturated rings. The maximum absolute atomic E-state index is 10.6. The van der Waals surface area contributed by atoms with Crippen LogP contribution < -0.4 is 0 Å². The number of aliphatic hydroxyl groups excluding tert-OH is 1. The summed E-state index contributed by atoms with van der Waals surface area (Å²) in [5.41, 5.74) is 0. The minimum absolute atomic E-state index is 0.0737. The Bertz CT molecular complexity index is 313. The van der Waals surface area contributed by atoms with Crippen molar-refractivity contribution in [2.45, 2.75) is 24.7 Å². The molecule has 0 aliphatic carbocycles. The quantitative estimate of drug-likeness (QED) is 0.426. The van der Waals surface area contributed by atoms with Gasteiger partial charge in [-0.2, -0.15) is 8.42 Å². The zero-order valence-electron chi connectivity index (χ0n) is 8.74. The summed E-state index contributed by atoms with van der Waals surface area (Å²) in [4.78, 5) is 0. The van der Waals surface area contributed by atoms with Crippen molar-refractivity contribution in [3.05, 3.63) is 0 Å². The van der Waals surface area contributed by atoms with Crippen LogP contribution in [-0.4, -0.2) is 57.2 Å². The highest BCUT2D eigenvalue weighted by atomic mass is 32.2. The summed E-state index contributed by atoms with van der Waals surface area (Å²) in [7, 11) is -4.36. The number of aliphatic hydroxyl groups is 1. The maximum Gasteiger partial charge on any atom is 0.266 e. The molecule has 0 aromatic rings. The minimum Gasteiger partial charge on any atom is -0.772 e. The second kappa shape index (κ2) is 7.30. The van der Waals surface area contributed by atoms with E-state index in [0.717, 1.165) is 0 Å². The van der Waals surface area contributed by atoms with E-state index in [2.05, 4.69) is 0 Å². The molecule has 3 atom stereocenters. The third kappa shape index (κ3) is 8.13. The molecule has 0 heterocycles. The average Bonchev–Trinajstić information content (AvgIpc) is 2.13. The number of ether oxygens (including phenoxy) is 1. The van der Waals surface area contributed by atoms with Crippen LogP contribution in [0.3, 0.4) is 0 Å². The highest BCUT2D eigenvalue weighted by Crippen LogP contribution is 2.01. The number of hydrogen-bond acceptors (Lipinski definition) is 6. The van der Waals surface area contributed by atoms with Crippen LogP contribution in [0.25, 0.3) is 0 Å². The van der Waals surface area contributed by atoms with Crippen molar-refractivity contribution < 1.29 is 31.6 Å². The van der Waals surface area contributed by atoms with E-state index in [1.165, 1.54) is 0 Å². The zero-order valence-corrected chi connectivity index (χ0v) is 10.4. The molecule has 0 aliphatic rings. The van der Waals surface area contributed by atoms with Crippen LogP contribution in [0.4, 0.5) is 0 Å². The Kier molecular flexibility index (Phi) is 7.27. The average molecular weight is 275 g/mol. The lowest BCUT2D eigenvalue weighted by atomic mass is 10.3. The van der Waals surface area contributed by atoms with Gasteiger partial charge in [0, 0.05) is 0 Å².